The zero-order valence-electron chi connectivity index (χ0n) is 8.05. The second-order valence-electron chi connectivity index (χ2n) is 2.81. The van der Waals surface area contributed by atoms with E-state index in [9.17, 15) is 0 Å². The number of hydrogen-bond donors (Lipinski definition) is 1. The molecule has 0 aromatic carbocycles. The molecule has 0 saturated heterocycles. The summed E-state index contributed by atoms with van der Waals surface area (Å²) in [7, 11) is 0. The molecular formula is C9H11N3OS2. The summed E-state index contributed by atoms with van der Waals surface area (Å²) in [6, 6.07) is 3.86. The Bertz CT molecular complexity index is 324. The maximum atomic E-state index is 5.20. The lowest BCUT2D eigenvalue weighted by Gasteiger charge is -2.00. The Kier molecular flexibility index (Phi) is 4.19. The molecule has 0 unspecified atom stereocenters. The molecule has 0 atom stereocenters. The van der Waals surface area contributed by atoms with Crippen LogP contribution in [-0.2, 0) is 6.54 Å². The highest BCUT2D eigenvalue weighted by Gasteiger charge is 1.97. The van der Waals surface area contributed by atoms with Gasteiger partial charge in [-0.25, -0.2) is 0 Å². The van der Waals surface area contributed by atoms with E-state index in [0.29, 0.717) is 0 Å². The minimum atomic E-state index is 0.781. The third-order valence-corrected chi connectivity index (χ3v) is 3.59. The maximum absolute atomic E-state index is 5.20. The van der Waals surface area contributed by atoms with Gasteiger partial charge in [0, 0.05) is 12.3 Å². The number of aromatic nitrogens is 2. The van der Waals surface area contributed by atoms with Gasteiger partial charge in [0.2, 0.25) is 0 Å². The molecule has 2 rings (SSSR count). The molecule has 0 aliphatic rings. The largest absolute Gasteiger partial charge is 0.468 e. The molecule has 0 amide bonds. The molecule has 0 radical (unpaired) electrons. The van der Waals surface area contributed by atoms with E-state index in [4.69, 9.17) is 4.42 Å². The van der Waals surface area contributed by atoms with Gasteiger partial charge in [0.15, 0.2) is 4.34 Å². The molecule has 1 N–H and O–H groups in total. The van der Waals surface area contributed by atoms with Crippen LogP contribution in [0.15, 0.2) is 32.7 Å². The van der Waals surface area contributed by atoms with Crippen LogP contribution in [0.25, 0.3) is 0 Å². The van der Waals surface area contributed by atoms with Crippen LogP contribution in [0.4, 0.5) is 0 Å². The number of rotatable bonds is 6. The van der Waals surface area contributed by atoms with E-state index in [0.717, 1.165) is 28.9 Å². The SMILES string of the molecule is c1coc(CNCCSc2nncs2)c1. The predicted octanol–water partition coefficient (Wildman–Crippen LogP) is 2.01. The van der Waals surface area contributed by atoms with Crippen molar-refractivity contribution in [2.45, 2.75) is 10.9 Å². The van der Waals surface area contributed by atoms with Gasteiger partial charge < -0.3 is 9.73 Å². The predicted molar refractivity (Wildman–Crippen MR) is 61.0 cm³/mol. The molecule has 0 saturated carbocycles. The van der Waals surface area contributed by atoms with Gasteiger partial charge in [-0.3, -0.25) is 0 Å². The number of nitrogens with zero attached hydrogens (tertiary/aromatic N) is 2. The fourth-order valence-electron chi connectivity index (χ4n) is 1.06. The minimum Gasteiger partial charge on any atom is -0.468 e. The van der Waals surface area contributed by atoms with Gasteiger partial charge in [0.05, 0.1) is 12.8 Å². The average molecular weight is 241 g/mol. The zero-order chi connectivity index (χ0) is 10.3. The molecule has 2 aromatic heterocycles. The first kappa shape index (κ1) is 10.7. The molecule has 80 valence electrons. The summed E-state index contributed by atoms with van der Waals surface area (Å²) in [5.74, 6) is 1.96. The fraction of sp³-hybridized carbons (Fsp3) is 0.333. The number of nitrogens with one attached hydrogen (secondary N) is 1. The summed E-state index contributed by atoms with van der Waals surface area (Å²) in [4.78, 5) is 0. The van der Waals surface area contributed by atoms with Crippen LogP contribution < -0.4 is 5.32 Å². The first-order valence-corrected chi connectivity index (χ1v) is 6.44. The first-order chi connectivity index (χ1) is 7.45. The highest BCUT2D eigenvalue weighted by Crippen LogP contribution is 2.17. The standard InChI is InChI=1S/C9H11N3OS2/c1-2-8(13-4-1)6-10-3-5-14-9-12-11-7-15-9/h1-2,4,7,10H,3,5-6H2. The number of hydrogen-bond acceptors (Lipinski definition) is 6. The second-order valence-corrected chi connectivity index (χ2v) is 4.98. The van der Waals surface area contributed by atoms with Crippen molar-refractivity contribution >= 4 is 23.1 Å². The van der Waals surface area contributed by atoms with Crippen LogP contribution in [0.5, 0.6) is 0 Å². The monoisotopic (exact) mass is 241 g/mol. The van der Waals surface area contributed by atoms with Crippen molar-refractivity contribution in [2.24, 2.45) is 0 Å². The van der Waals surface area contributed by atoms with Crippen molar-refractivity contribution in [3.8, 4) is 0 Å². The van der Waals surface area contributed by atoms with Crippen molar-refractivity contribution in [1.29, 1.82) is 0 Å². The number of thioether (sulfide) groups is 1. The van der Waals surface area contributed by atoms with E-state index in [1.165, 1.54) is 0 Å². The lowest BCUT2D eigenvalue weighted by Crippen LogP contribution is -2.15. The average Bonchev–Trinajstić information content (AvgIpc) is 2.88. The fourth-order valence-corrected chi connectivity index (χ4v) is 2.52. The Morgan fingerprint density at radius 3 is 3.27 bits per heavy atom. The maximum Gasteiger partial charge on any atom is 0.174 e. The number of furan rings is 1. The molecule has 0 aliphatic heterocycles. The van der Waals surface area contributed by atoms with Crippen LogP contribution in [-0.4, -0.2) is 22.5 Å². The highest BCUT2D eigenvalue weighted by molar-refractivity contribution is 8.01. The van der Waals surface area contributed by atoms with E-state index in [2.05, 4.69) is 15.5 Å². The van der Waals surface area contributed by atoms with E-state index >= 15 is 0 Å². The van der Waals surface area contributed by atoms with Crippen molar-refractivity contribution in [1.82, 2.24) is 15.5 Å². The smallest absolute Gasteiger partial charge is 0.174 e. The van der Waals surface area contributed by atoms with Gasteiger partial charge in [-0.1, -0.05) is 23.1 Å². The zero-order valence-corrected chi connectivity index (χ0v) is 9.68. The van der Waals surface area contributed by atoms with Gasteiger partial charge >= 0.3 is 0 Å². The summed E-state index contributed by atoms with van der Waals surface area (Å²) in [5.41, 5.74) is 1.75. The third kappa shape index (κ3) is 3.65. The molecule has 0 fully saturated rings. The summed E-state index contributed by atoms with van der Waals surface area (Å²) < 4.78 is 6.22. The Morgan fingerprint density at radius 1 is 1.53 bits per heavy atom. The van der Waals surface area contributed by atoms with E-state index < -0.39 is 0 Å². The molecule has 4 nitrogen and oxygen atoms in total. The van der Waals surface area contributed by atoms with Crippen LogP contribution in [0.3, 0.4) is 0 Å². The van der Waals surface area contributed by atoms with Crippen molar-refractivity contribution in [3.05, 3.63) is 29.7 Å². The van der Waals surface area contributed by atoms with Gasteiger partial charge in [0.1, 0.15) is 11.3 Å². The molecule has 0 bridgehead atoms. The lowest BCUT2D eigenvalue weighted by atomic mass is 10.4. The molecule has 6 heteroatoms. The Morgan fingerprint density at radius 2 is 2.53 bits per heavy atom. The third-order valence-electron chi connectivity index (χ3n) is 1.72. The highest BCUT2D eigenvalue weighted by atomic mass is 32.2. The van der Waals surface area contributed by atoms with Crippen LogP contribution in [0.1, 0.15) is 5.76 Å². The summed E-state index contributed by atoms with van der Waals surface area (Å²) in [6.45, 7) is 1.72. The lowest BCUT2D eigenvalue weighted by molar-refractivity contribution is 0.488. The normalized spacial score (nSPS) is 10.7. The van der Waals surface area contributed by atoms with Gasteiger partial charge in [-0.2, -0.15) is 0 Å². The Balaban J connectivity index is 1.56. The van der Waals surface area contributed by atoms with Gasteiger partial charge in [-0.05, 0) is 12.1 Å². The van der Waals surface area contributed by atoms with Crippen LogP contribution >= 0.6 is 23.1 Å². The van der Waals surface area contributed by atoms with Crippen molar-refractivity contribution in [3.63, 3.8) is 0 Å². The minimum absolute atomic E-state index is 0.781. The van der Waals surface area contributed by atoms with Crippen molar-refractivity contribution < 1.29 is 4.42 Å². The summed E-state index contributed by atoms with van der Waals surface area (Å²) >= 11 is 3.29. The molecule has 0 spiro atoms. The Labute approximate surface area is 96.1 Å². The van der Waals surface area contributed by atoms with Crippen LogP contribution in [0.2, 0.25) is 0 Å². The first-order valence-electron chi connectivity index (χ1n) is 4.57. The van der Waals surface area contributed by atoms with E-state index in [-0.39, 0.29) is 0 Å². The van der Waals surface area contributed by atoms with Gasteiger partial charge in [0.25, 0.3) is 0 Å². The van der Waals surface area contributed by atoms with E-state index in [1.54, 1.807) is 34.9 Å². The summed E-state index contributed by atoms with van der Waals surface area (Å²) in [6.07, 6.45) is 1.69. The molecular weight excluding hydrogens is 230 g/mol. The molecule has 2 aromatic rings. The van der Waals surface area contributed by atoms with Crippen molar-refractivity contribution in [2.75, 3.05) is 12.3 Å². The van der Waals surface area contributed by atoms with E-state index in [1.807, 2.05) is 12.1 Å². The van der Waals surface area contributed by atoms with Crippen LogP contribution in [0, 0.1) is 0 Å². The molecule has 2 heterocycles. The second kappa shape index (κ2) is 5.89. The molecule has 0 aliphatic carbocycles. The summed E-state index contributed by atoms with van der Waals surface area (Å²) in [5, 5.41) is 11.0. The Hall–Kier alpha value is -0.850. The topological polar surface area (TPSA) is 51.0 Å². The molecule has 15 heavy (non-hydrogen) atoms. The quantitative estimate of drug-likeness (QED) is 0.619. The van der Waals surface area contributed by atoms with Gasteiger partial charge in [-0.15, -0.1) is 10.2 Å².